The van der Waals surface area contributed by atoms with Gasteiger partial charge in [0.15, 0.2) is 0 Å². The third kappa shape index (κ3) is 3.18. The average Bonchev–Trinajstić information content (AvgIpc) is 2.31. The Morgan fingerprint density at radius 2 is 1.43 bits per heavy atom. The van der Waals surface area contributed by atoms with Crippen molar-refractivity contribution in [2.75, 3.05) is 5.32 Å². The van der Waals surface area contributed by atoms with Gasteiger partial charge in [-0.15, -0.1) is 0 Å². The summed E-state index contributed by atoms with van der Waals surface area (Å²) in [6, 6.07) is 3.11. The smallest absolute Gasteiger partial charge is 0.321 e. The van der Waals surface area contributed by atoms with E-state index in [9.17, 15) is 35.5 Å². The number of carbonyl (C=O) groups is 1. The van der Waals surface area contributed by atoms with Crippen LogP contribution in [0.3, 0.4) is 0 Å². The molecular weight excluding hydrogens is 354 g/mol. The Morgan fingerprint density at radius 1 is 0.952 bits per heavy atom. The van der Waals surface area contributed by atoms with Gasteiger partial charge in [-0.3, -0.25) is 4.79 Å². The highest BCUT2D eigenvalue weighted by molar-refractivity contribution is 6.44. The summed E-state index contributed by atoms with van der Waals surface area (Å²) in [5.41, 5.74) is -6.77. The van der Waals surface area contributed by atoms with E-state index in [0.29, 0.717) is 0 Å². The first kappa shape index (κ1) is 17.8. The maximum absolute atomic E-state index is 13.4. The summed E-state index contributed by atoms with van der Waals surface area (Å²) in [5, 5.41) is 0.354. The number of carbonyl (C=O) groups excluding carboxylic acids is 1. The van der Waals surface area contributed by atoms with Gasteiger partial charge in [-0.25, -0.2) is 4.39 Å². The van der Waals surface area contributed by atoms with Crippen LogP contribution in [0.1, 0.15) is 0 Å². The highest BCUT2D eigenvalue weighted by atomic mass is 35.5. The van der Waals surface area contributed by atoms with E-state index in [1.54, 1.807) is 0 Å². The van der Waals surface area contributed by atoms with Gasteiger partial charge in [-0.2, -0.15) is 26.3 Å². The van der Waals surface area contributed by atoms with Crippen LogP contribution >= 0.6 is 23.2 Å². The first-order valence-electron chi connectivity index (χ1n) is 4.90. The van der Waals surface area contributed by atoms with E-state index in [0.717, 1.165) is 23.5 Å². The lowest BCUT2D eigenvalue weighted by Crippen LogP contribution is -2.60. The molecule has 0 saturated carbocycles. The van der Waals surface area contributed by atoms with E-state index in [1.165, 1.54) is 0 Å². The van der Waals surface area contributed by atoms with Crippen molar-refractivity contribution in [1.82, 2.24) is 0 Å². The van der Waals surface area contributed by atoms with Crippen molar-refractivity contribution in [3.05, 3.63) is 28.2 Å². The number of hydrogen-bond donors (Lipinski definition) is 1. The Bertz CT molecular complexity index is 541. The molecule has 0 unspecified atom stereocenters. The molecule has 1 aromatic rings. The van der Waals surface area contributed by atoms with Crippen molar-refractivity contribution >= 4 is 34.8 Å². The van der Waals surface area contributed by atoms with Crippen LogP contribution in [-0.4, -0.2) is 23.9 Å². The summed E-state index contributed by atoms with van der Waals surface area (Å²) >= 11 is 11.0. The molecule has 0 fully saturated rings. The fourth-order valence-corrected chi connectivity index (χ4v) is 1.57. The number of alkyl halides is 7. The van der Waals surface area contributed by atoms with Crippen molar-refractivity contribution in [1.29, 1.82) is 0 Å². The minimum Gasteiger partial charge on any atom is -0.321 e. The van der Waals surface area contributed by atoms with Crippen LogP contribution in [0, 0.1) is 0 Å². The molecule has 1 amide bonds. The van der Waals surface area contributed by atoms with Gasteiger partial charge in [-0.05, 0) is 12.1 Å². The molecule has 2 nitrogen and oxygen atoms in total. The molecule has 0 aliphatic rings. The van der Waals surface area contributed by atoms with Gasteiger partial charge in [0.05, 0.1) is 15.7 Å². The van der Waals surface area contributed by atoms with Gasteiger partial charge < -0.3 is 5.32 Å². The first-order chi connectivity index (χ1) is 9.32. The van der Waals surface area contributed by atoms with Gasteiger partial charge in [0, 0.05) is 0 Å². The van der Waals surface area contributed by atoms with Crippen LogP contribution in [0.25, 0.3) is 0 Å². The standard InChI is InChI=1S/C10H4Cl2F7NO/c11-4-2-1-3-5(6(4)12)20-7(21)8(13,9(14,15)16)10(17,18)19/h1-3H,(H,20,21). The number of amides is 1. The molecule has 0 atom stereocenters. The first-order valence-corrected chi connectivity index (χ1v) is 5.65. The van der Waals surface area contributed by atoms with E-state index >= 15 is 0 Å². The second-order valence-electron chi connectivity index (χ2n) is 3.71. The van der Waals surface area contributed by atoms with Gasteiger partial charge in [0.25, 0.3) is 5.91 Å². The summed E-state index contributed by atoms with van der Waals surface area (Å²) in [5.74, 6) is -2.97. The van der Waals surface area contributed by atoms with Crippen molar-refractivity contribution in [3.8, 4) is 0 Å². The van der Waals surface area contributed by atoms with E-state index in [-0.39, 0.29) is 5.02 Å². The maximum atomic E-state index is 13.4. The SMILES string of the molecule is O=C(Nc1cccc(Cl)c1Cl)C(F)(C(F)(F)F)C(F)(F)F. The summed E-state index contributed by atoms with van der Waals surface area (Å²) < 4.78 is 87.3. The minimum atomic E-state index is -6.50. The highest BCUT2D eigenvalue weighted by Crippen LogP contribution is 2.47. The van der Waals surface area contributed by atoms with Crippen molar-refractivity contribution < 1.29 is 35.5 Å². The molecule has 0 bridgehead atoms. The molecule has 118 valence electrons. The molecule has 21 heavy (non-hydrogen) atoms. The molecule has 0 aromatic heterocycles. The Kier molecular flexibility index (Phi) is 4.69. The molecule has 0 heterocycles. The van der Waals surface area contributed by atoms with Gasteiger partial charge in [0.2, 0.25) is 0 Å². The zero-order valence-electron chi connectivity index (χ0n) is 9.54. The molecule has 0 aliphatic heterocycles. The summed E-state index contributed by atoms with van der Waals surface area (Å²) in [4.78, 5) is 11.2. The Morgan fingerprint density at radius 3 is 1.86 bits per heavy atom. The van der Waals surface area contributed by atoms with E-state index in [4.69, 9.17) is 23.2 Å². The van der Waals surface area contributed by atoms with Gasteiger partial charge in [-0.1, -0.05) is 29.3 Å². The number of nitrogens with one attached hydrogen (secondary N) is 1. The third-order valence-electron chi connectivity index (χ3n) is 2.29. The predicted octanol–water partition coefficient (Wildman–Crippen LogP) is 4.76. The van der Waals surface area contributed by atoms with Gasteiger partial charge in [0.1, 0.15) is 0 Å². The fraction of sp³-hybridized carbons (Fsp3) is 0.300. The Balaban J connectivity index is 3.24. The van der Waals surface area contributed by atoms with E-state index in [2.05, 4.69) is 0 Å². The number of rotatable bonds is 2. The second kappa shape index (κ2) is 5.53. The van der Waals surface area contributed by atoms with Crippen LogP contribution in [0.5, 0.6) is 0 Å². The fourth-order valence-electron chi connectivity index (χ4n) is 1.23. The molecule has 0 saturated heterocycles. The van der Waals surface area contributed by atoms with Crippen LogP contribution in [0.15, 0.2) is 18.2 Å². The largest absolute Gasteiger partial charge is 0.441 e. The lowest BCUT2D eigenvalue weighted by atomic mass is 10.0. The number of anilines is 1. The maximum Gasteiger partial charge on any atom is 0.441 e. The molecular formula is C10H4Cl2F7NO. The molecule has 1 aromatic carbocycles. The lowest BCUT2D eigenvalue weighted by Gasteiger charge is -2.28. The topological polar surface area (TPSA) is 29.1 Å². The predicted molar refractivity (Wildman–Crippen MR) is 61.0 cm³/mol. The van der Waals surface area contributed by atoms with Crippen molar-refractivity contribution in [2.45, 2.75) is 18.0 Å². The molecule has 0 radical (unpaired) electrons. The zero-order chi connectivity index (χ0) is 16.6. The molecule has 1 rings (SSSR count). The molecule has 0 spiro atoms. The van der Waals surface area contributed by atoms with Crippen molar-refractivity contribution in [3.63, 3.8) is 0 Å². The van der Waals surface area contributed by atoms with Crippen LogP contribution in [0.2, 0.25) is 10.0 Å². The summed E-state index contributed by atoms with van der Waals surface area (Å²) in [7, 11) is 0. The van der Waals surface area contributed by atoms with Gasteiger partial charge >= 0.3 is 18.0 Å². The molecule has 0 aliphatic carbocycles. The van der Waals surface area contributed by atoms with E-state index < -0.39 is 34.6 Å². The lowest BCUT2D eigenvalue weighted by molar-refractivity contribution is -0.324. The van der Waals surface area contributed by atoms with Crippen LogP contribution in [-0.2, 0) is 4.79 Å². The minimum absolute atomic E-state index is 0.252. The number of halogens is 9. The molecule has 11 heteroatoms. The number of hydrogen-bond acceptors (Lipinski definition) is 1. The average molecular weight is 358 g/mol. The Labute approximate surface area is 122 Å². The Hall–Kier alpha value is -1.22. The number of benzene rings is 1. The monoisotopic (exact) mass is 357 g/mol. The second-order valence-corrected chi connectivity index (χ2v) is 4.49. The summed E-state index contributed by atoms with van der Waals surface area (Å²) in [6.07, 6.45) is -13.0. The summed E-state index contributed by atoms with van der Waals surface area (Å²) in [6.45, 7) is 0. The third-order valence-corrected chi connectivity index (χ3v) is 3.11. The van der Waals surface area contributed by atoms with Crippen molar-refractivity contribution in [2.24, 2.45) is 0 Å². The quantitative estimate of drug-likeness (QED) is 0.759. The zero-order valence-corrected chi connectivity index (χ0v) is 11.1. The normalized spacial score (nSPS) is 13.2. The van der Waals surface area contributed by atoms with Crippen LogP contribution in [0.4, 0.5) is 36.4 Å². The van der Waals surface area contributed by atoms with E-state index in [1.807, 2.05) is 0 Å². The molecule has 1 N–H and O–H groups in total. The highest BCUT2D eigenvalue weighted by Gasteiger charge is 2.77. The van der Waals surface area contributed by atoms with Crippen LogP contribution < -0.4 is 5.32 Å².